The zero-order valence-corrected chi connectivity index (χ0v) is 5.49. The molecule has 1 heterocycles. The molecule has 1 rings (SSSR count). The summed E-state index contributed by atoms with van der Waals surface area (Å²) in [4.78, 5) is 0. The summed E-state index contributed by atoms with van der Waals surface area (Å²) in [6, 6.07) is 0. The van der Waals surface area contributed by atoms with Crippen LogP contribution in [-0.4, -0.2) is 17.3 Å². The fraction of sp³-hybridized carbons (Fsp3) is 1.00. The average Bonchev–Trinajstić information content (AvgIpc) is 1.87. The largest absolute Gasteiger partial charge is 0.367 e. The molecule has 42 valence electrons. The van der Waals surface area contributed by atoms with E-state index in [1.54, 1.807) is 0 Å². The minimum atomic E-state index is 0.440. The molecule has 1 aliphatic rings. The van der Waals surface area contributed by atoms with Crippen LogP contribution in [0.1, 0.15) is 13.8 Å². The quantitative estimate of drug-likeness (QED) is 0.476. The third-order valence-corrected chi connectivity index (χ3v) is 2.11. The van der Waals surface area contributed by atoms with E-state index in [0.29, 0.717) is 5.44 Å². The van der Waals surface area contributed by atoms with Gasteiger partial charge in [-0.25, -0.2) is 0 Å². The van der Waals surface area contributed by atoms with Crippen molar-refractivity contribution in [3.05, 3.63) is 0 Å². The Hall–Kier alpha value is 0.310. The van der Waals surface area contributed by atoms with Crippen molar-refractivity contribution in [1.29, 1.82) is 0 Å². The summed E-state index contributed by atoms with van der Waals surface area (Å²) in [5, 5.41) is 0.718. The van der Waals surface area contributed by atoms with Crippen molar-refractivity contribution in [2.24, 2.45) is 0 Å². The summed E-state index contributed by atoms with van der Waals surface area (Å²) in [5.41, 5.74) is 0.440. The molecule has 0 aromatic rings. The molecule has 0 bridgehead atoms. The smallest absolute Gasteiger partial charge is 0.100 e. The van der Waals surface area contributed by atoms with Gasteiger partial charge in [-0.3, -0.25) is 0 Å². The van der Waals surface area contributed by atoms with E-state index >= 15 is 0 Å². The number of rotatable bonds is 0. The molecule has 0 aromatic heterocycles. The predicted octanol–water partition coefficient (Wildman–Crippen LogP) is 1.48. The Morgan fingerprint density at radius 1 is 1.57 bits per heavy atom. The lowest BCUT2D eigenvalue weighted by Crippen LogP contribution is -1.94. The van der Waals surface area contributed by atoms with Crippen molar-refractivity contribution in [3.63, 3.8) is 0 Å². The van der Waals surface area contributed by atoms with Crippen molar-refractivity contribution in [1.82, 2.24) is 0 Å². The Balaban J connectivity index is 2.26. The molecule has 1 saturated heterocycles. The first kappa shape index (κ1) is 5.45. The van der Waals surface area contributed by atoms with Gasteiger partial charge in [0.15, 0.2) is 0 Å². The molecule has 1 aliphatic heterocycles. The van der Waals surface area contributed by atoms with Gasteiger partial charge in [0, 0.05) is 5.25 Å². The highest BCUT2D eigenvalue weighted by molar-refractivity contribution is 8.00. The maximum absolute atomic E-state index is 5.23. The number of hydrogen-bond donors (Lipinski definition) is 0. The highest BCUT2D eigenvalue weighted by atomic mass is 32.2. The molecule has 0 spiro atoms. The molecule has 2 heteroatoms. The van der Waals surface area contributed by atoms with Crippen LogP contribution >= 0.6 is 11.8 Å². The van der Waals surface area contributed by atoms with Gasteiger partial charge in [0.2, 0.25) is 0 Å². The lowest BCUT2D eigenvalue weighted by molar-refractivity contribution is 0.147. The topological polar surface area (TPSA) is 9.23 Å². The van der Waals surface area contributed by atoms with E-state index in [1.165, 1.54) is 0 Å². The standard InChI is InChI=1S/C5H10OS/c1-4-3-6-5(2)7-4/h4-5H,3H2,1-2H3/t4-,5+/m1/s1. The highest BCUT2D eigenvalue weighted by Crippen LogP contribution is 2.25. The van der Waals surface area contributed by atoms with Crippen molar-refractivity contribution >= 4 is 11.8 Å². The van der Waals surface area contributed by atoms with Crippen molar-refractivity contribution < 1.29 is 4.74 Å². The van der Waals surface area contributed by atoms with Crippen molar-refractivity contribution in [2.75, 3.05) is 6.61 Å². The van der Waals surface area contributed by atoms with E-state index < -0.39 is 0 Å². The van der Waals surface area contributed by atoms with Crippen LogP contribution < -0.4 is 0 Å². The van der Waals surface area contributed by atoms with Gasteiger partial charge in [0.05, 0.1) is 6.61 Å². The van der Waals surface area contributed by atoms with Gasteiger partial charge in [0.25, 0.3) is 0 Å². The average molecular weight is 118 g/mol. The number of thioether (sulfide) groups is 1. The number of ether oxygens (including phenoxy) is 1. The molecule has 0 aliphatic carbocycles. The predicted molar refractivity (Wildman–Crippen MR) is 32.5 cm³/mol. The van der Waals surface area contributed by atoms with Crippen LogP contribution in [0.2, 0.25) is 0 Å². The summed E-state index contributed by atoms with van der Waals surface area (Å²) in [5.74, 6) is 0. The Morgan fingerprint density at radius 3 is 2.43 bits per heavy atom. The maximum atomic E-state index is 5.23. The van der Waals surface area contributed by atoms with Crippen molar-refractivity contribution in [3.8, 4) is 0 Å². The van der Waals surface area contributed by atoms with E-state index in [9.17, 15) is 0 Å². The third-order valence-electron chi connectivity index (χ3n) is 0.990. The second kappa shape index (κ2) is 2.05. The first-order valence-corrected chi connectivity index (χ1v) is 3.50. The lowest BCUT2D eigenvalue weighted by Gasteiger charge is -1.94. The zero-order valence-electron chi connectivity index (χ0n) is 4.68. The Labute approximate surface area is 48.4 Å². The summed E-state index contributed by atoms with van der Waals surface area (Å²) < 4.78 is 5.23. The minimum Gasteiger partial charge on any atom is -0.367 e. The summed E-state index contributed by atoms with van der Waals surface area (Å²) in [7, 11) is 0. The first-order chi connectivity index (χ1) is 3.29. The van der Waals surface area contributed by atoms with Gasteiger partial charge in [-0.15, -0.1) is 11.8 Å². The van der Waals surface area contributed by atoms with Crippen LogP contribution in [0.5, 0.6) is 0 Å². The minimum absolute atomic E-state index is 0.440. The molecular formula is C5H10OS. The molecule has 2 atom stereocenters. The molecule has 0 radical (unpaired) electrons. The van der Waals surface area contributed by atoms with Gasteiger partial charge in [-0.2, -0.15) is 0 Å². The lowest BCUT2D eigenvalue weighted by atomic mass is 10.5. The molecule has 7 heavy (non-hydrogen) atoms. The molecule has 0 aromatic carbocycles. The second-order valence-electron chi connectivity index (χ2n) is 1.85. The fourth-order valence-electron chi connectivity index (χ4n) is 0.677. The van der Waals surface area contributed by atoms with Gasteiger partial charge in [-0.05, 0) is 6.92 Å². The van der Waals surface area contributed by atoms with Crippen LogP contribution in [0.3, 0.4) is 0 Å². The summed E-state index contributed by atoms with van der Waals surface area (Å²) in [6.07, 6.45) is 0. The second-order valence-corrected chi connectivity index (χ2v) is 3.59. The van der Waals surface area contributed by atoms with E-state index in [-0.39, 0.29) is 0 Å². The van der Waals surface area contributed by atoms with Crippen LogP contribution in [0, 0.1) is 0 Å². The molecule has 0 unspecified atom stereocenters. The van der Waals surface area contributed by atoms with E-state index in [1.807, 2.05) is 11.8 Å². The normalized spacial score (nSPS) is 42.0. The molecule has 0 saturated carbocycles. The summed E-state index contributed by atoms with van der Waals surface area (Å²) in [6.45, 7) is 5.22. The molecule has 1 nitrogen and oxygen atoms in total. The van der Waals surface area contributed by atoms with Gasteiger partial charge >= 0.3 is 0 Å². The molecular weight excluding hydrogens is 108 g/mol. The van der Waals surface area contributed by atoms with E-state index in [0.717, 1.165) is 11.9 Å². The SMILES string of the molecule is C[C@@H]1CO[C@H](C)S1. The molecule has 0 N–H and O–H groups in total. The van der Waals surface area contributed by atoms with Crippen LogP contribution in [0.4, 0.5) is 0 Å². The van der Waals surface area contributed by atoms with E-state index in [2.05, 4.69) is 13.8 Å². The van der Waals surface area contributed by atoms with Gasteiger partial charge in [0.1, 0.15) is 5.44 Å². The van der Waals surface area contributed by atoms with Crippen LogP contribution in [0.25, 0.3) is 0 Å². The highest BCUT2D eigenvalue weighted by Gasteiger charge is 2.16. The van der Waals surface area contributed by atoms with Gasteiger partial charge < -0.3 is 4.74 Å². The van der Waals surface area contributed by atoms with Gasteiger partial charge in [-0.1, -0.05) is 6.92 Å². The molecule has 1 fully saturated rings. The summed E-state index contributed by atoms with van der Waals surface area (Å²) >= 11 is 1.90. The first-order valence-electron chi connectivity index (χ1n) is 2.56. The van der Waals surface area contributed by atoms with Crippen molar-refractivity contribution in [2.45, 2.75) is 24.5 Å². The monoisotopic (exact) mass is 118 g/mol. The van der Waals surface area contributed by atoms with E-state index in [4.69, 9.17) is 4.74 Å². The number of hydrogen-bond acceptors (Lipinski definition) is 2. The van der Waals surface area contributed by atoms with Crippen LogP contribution in [0.15, 0.2) is 0 Å². The maximum Gasteiger partial charge on any atom is 0.100 e. The zero-order chi connectivity index (χ0) is 5.28. The third kappa shape index (κ3) is 1.35. The Bertz CT molecular complexity index is 57.1. The Kier molecular flexibility index (Phi) is 1.60. The van der Waals surface area contributed by atoms with Crippen LogP contribution in [-0.2, 0) is 4.74 Å². The molecule has 0 amide bonds. The Morgan fingerprint density at radius 2 is 2.29 bits per heavy atom. The fourth-order valence-corrected chi connectivity index (χ4v) is 1.65.